The highest BCUT2D eigenvalue weighted by Gasteiger charge is 2.30. The maximum absolute atomic E-state index is 12.6. The topological polar surface area (TPSA) is 121 Å². The van der Waals surface area contributed by atoms with E-state index in [0.29, 0.717) is 44.2 Å². The number of nitrogens with zero attached hydrogens (tertiary/aromatic N) is 1. The van der Waals surface area contributed by atoms with Gasteiger partial charge in [0, 0.05) is 24.3 Å². The van der Waals surface area contributed by atoms with Gasteiger partial charge in [0.2, 0.25) is 17.7 Å². The van der Waals surface area contributed by atoms with Crippen LogP contribution in [0.4, 0.5) is 0 Å². The molecule has 4 N–H and O–H groups in total. The Kier molecular flexibility index (Phi) is 15.7. The maximum Gasteiger partial charge on any atom is 0.242 e. The van der Waals surface area contributed by atoms with Gasteiger partial charge in [-0.1, -0.05) is 56.8 Å². The zero-order valence-electron chi connectivity index (χ0n) is 23.9. The lowest BCUT2D eigenvalue weighted by Gasteiger charge is -2.19. The van der Waals surface area contributed by atoms with Gasteiger partial charge < -0.3 is 26.0 Å². The molecule has 0 radical (unpaired) electrons. The number of hydrogen-bond acceptors (Lipinski definition) is 6. The highest BCUT2D eigenvalue weighted by molar-refractivity contribution is 6.30. The van der Waals surface area contributed by atoms with Crippen LogP contribution in [0.5, 0.6) is 5.75 Å². The summed E-state index contributed by atoms with van der Waals surface area (Å²) in [4.78, 5) is 41.0. The van der Waals surface area contributed by atoms with Crippen molar-refractivity contribution in [1.29, 1.82) is 0 Å². The molecule has 1 aliphatic heterocycles. The third-order valence-corrected chi connectivity index (χ3v) is 6.14. The summed E-state index contributed by atoms with van der Waals surface area (Å²) in [6.07, 6.45) is 7.17. The van der Waals surface area contributed by atoms with Gasteiger partial charge >= 0.3 is 0 Å². The minimum Gasteiger partial charge on any atom is -0.490 e. The fraction of sp³-hybridized carbons (Fsp3) is 0.533. The number of benzene rings is 1. The fourth-order valence-corrected chi connectivity index (χ4v) is 4.02. The van der Waals surface area contributed by atoms with Crippen LogP contribution in [-0.2, 0) is 20.8 Å². The van der Waals surface area contributed by atoms with Crippen LogP contribution in [0.25, 0.3) is 0 Å². The van der Waals surface area contributed by atoms with E-state index in [0.717, 1.165) is 30.0 Å². The molecule has 9 nitrogen and oxygen atoms in total. The number of amides is 3. The number of carbonyl (C=O) groups excluding carboxylic acids is 3. The normalized spacial score (nSPS) is 18.8. The SMILES string of the molecule is CCC.Cc1cccc(Cl)c1.O=C1CNCCOc2cccnc2CCCNC(=O)C(CC2CC2)NC(=O)CN1. The maximum atomic E-state index is 12.6. The van der Waals surface area contributed by atoms with Crippen molar-refractivity contribution >= 4 is 29.3 Å². The molecule has 10 heteroatoms. The Hall–Kier alpha value is -3.17. The Morgan fingerprint density at radius 3 is 2.45 bits per heavy atom. The minimum atomic E-state index is -0.572. The van der Waals surface area contributed by atoms with E-state index in [9.17, 15) is 14.4 Å². The van der Waals surface area contributed by atoms with E-state index in [1.165, 1.54) is 12.0 Å². The van der Waals surface area contributed by atoms with Crippen molar-refractivity contribution in [3.63, 3.8) is 0 Å². The predicted octanol–water partition coefficient (Wildman–Crippen LogP) is 3.58. The first-order valence-electron chi connectivity index (χ1n) is 14.2. The number of aromatic nitrogens is 1. The molecule has 1 aromatic carbocycles. The van der Waals surface area contributed by atoms with Crippen molar-refractivity contribution in [1.82, 2.24) is 26.3 Å². The van der Waals surface area contributed by atoms with Gasteiger partial charge in [0.05, 0.1) is 18.8 Å². The van der Waals surface area contributed by atoms with E-state index in [1.54, 1.807) is 6.20 Å². The Balaban J connectivity index is 0.000000427. The molecule has 1 saturated carbocycles. The first-order valence-corrected chi connectivity index (χ1v) is 14.5. The summed E-state index contributed by atoms with van der Waals surface area (Å²) in [5.41, 5.74) is 2.04. The van der Waals surface area contributed by atoms with E-state index in [4.69, 9.17) is 16.3 Å². The molecule has 1 unspecified atom stereocenters. The number of halogens is 1. The number of rotatable bonds is 2. The largest absolute Gasteiger partial charge is 0.490 e. The second-order valence-electron chi connectivity index (χ2n) is 9.95. The predicted molar refractivity (Wildman–Crippen MR) is 158 cm³/mol. The van der Waals surface area contributed by atoms with Crippen LogP contribution in [-0.4, -0.2) is 61.5 Å². The molecule has 3 amide bonds. The smallest absolute Gasteiger partial charge is 0.242 e. The fourth-order valence-electron chi connectivity index (χ4n) is 3.78. The van der Waals surface area contributed by atoms with Crippen LogP contribution >= 0.6 is 11.6 Å². The molecule has 1 atom stereocenters. The van der Waals surface area contributed by atoms with Crippen LogP contribution < -0.4 is 26.0 Å². The monoisotopic (exact) mass is 573 g/mol. The number of aryl methyl sites for hydroxylation is 2. The molecule has 0 saturated heterocycles. The summed E-state index contributed by atoms with van der Waals surface area (Å²) < 4.78 is 5.77. The number of pyridine rings is 1. The minimum absolute atomic E-state index is 0.0858. The average Bonchev–Trinajstić information content (AvgIpc) is 3.74. The van der Waals surface area contributed by atoms with Gasteiger partial charge in [-0.3, -0.25) is 19.4 Å². The lowest BCUT2D eigenvalue weighted by Crippen LogP contribution is -2.50. The molecule has 0 spiro atoms. The lowest BCUT2D eigenvalue weighted by atomic mass is 10.1. The molecule has 220 valence electrons. The van der Waals surface area contributed by atoms with Crippen molar-refractivity contribution in [3.8, 4) is 5.75 Å². The van der Waals surface area contributed by atoms with Crippen LogP contribution in [0.1, 0.15) is 57.2 Å². The van der Waals surface area contributed by atoms with E-state index >= 15 is 0 Å². The van der Waals surface area contributed by atoms with Crippen LogP contribution in [0.3, 0.4) is 0 Å². The van der Waals surface area contributed by atoms with Crippen molar-refractivity contribution in [2.24, 2.45) is 5.92 Å². The summed E-state index contributed by atoms with van der Waals surface area (Å²) in [6.45, 7) is 7.59. The number of carbonyl (C=O) groups is 3. The van der Waals surface area contributed by atoms with Gasteiger partial charge in [0.25, 0.3) is 0 Å². The number of nitrogens with one attached hydrogen (secondary N) is 4. The first-order chi connectivity index (χ1) is 19.3. The van der Waals surface area contributed by atoms with Gasteiger partial charge in [0.1, 0.15) is 18.4 Å². The number of hydrogen-bond donors (Lipinski definition) is 4. The van der Waals surface area contributed by atoms with Crippen molar-refractivity contribution in [3.05, 3.63) is 58.9 Å². The standard InChI is InChI=1S/C20H29N5O4.C7H7Cl.C3H8/c26-18-12-21-9-10-29-17-4-2-7-22-15(17)3-1-8-23-20(28)16(11-14-5-6-14)25-19(27)13-24-18;1-6-3-2-4-7(8)5-6;1-3-2/h2,4,7,14,16,21H,1,3,5-6,8-13H2,(H,23,28)(H,24,26)(H,25,27);2-5H,1H3;3H2,1-2H3. The average molecular weight is 574 g/mol. The highest BCUT2D eigenvalue weighted by Crippen LogP contribution is 2.33. The molecule has 2 heterocycles. The Morgan fingerprint density at radius 1 is 1.00 bits per heavy atom. The summed E-state index contributed by atoms with van der Waals surface area (Å²) in [7, 11) is 0. The second kappa shape index (κ2) is 19.0. The summed E-state index contributed by atoms with van der Waals surface area (Å²) in [5, 5.41) is 12.0. The Bertz CT molecular complexity index is 1050. The highest BCUT2D eigenvalue weighted by atomic mass is 35.5. The van der Waals surface area contributed by atoms with Crippen LogP contribution in [0.2, 0.25) is 5.02 Å². The van der Waals surface area contributed by atoms with E-state index in [1.807, 2.05) is 43.3 Å². The molecule has 4 rings (SSSR count). The summed E-state index contributed by atoms with van der Waals surface area (Å²) in [5.74, 6) is 0.367. The molecule has 1 aromatic heterocycles. The third kappa shape index (κ3) is 14.3. The molecular formula is C30H44ClN5O4. The molecule has 0 bridgehead atoms. The van der Waals surface area contributed by atoms with E-state index < -0.39 is 6.04 Å². The molecule has 2 aromatic rings. The summed E-state index contributed by atoms with van der Waals surface area (Å²) in [6, 6.07) is 10.9. The molecule has 40 heavy (non-hydrogen) atoms. The van der Waals surface area contributed by atoms with Crippen molar-refractivity contribution in [2.75, 3.05) is 32.8 Å². The lowest BCUT2D eigenvalue weighted by molar-refractivity contribution is -0.129. The molecular weight excluding hydrogens is 530 g/mol. The van der Waals surface area contributed by atoms with Crippen molar-refractivity contribution < 1.29 is 19.1 Å². The number of fused-ring (bicyclic) bond motifs is 1. The number of ether oxygens (including phenoxy) is 1. The second-order valence-corrected chi connectivity index (χ2v) is 10.4. The van der Waals surface area contributed by atoms with Crippen molar-refractivity contribution in [2.45, 2.75) is 65.3 Å². The summed E-state index contributed by atoms with van der Waals surface area (Å²) >= 11 is 5.64. The van der Waals surface area contributed by atoms with Gasteiger partial charge in [-0.15, -0.1) is 0 Å². The Morgan fingerprint density at radius 2 is 1.77 bits per heavy atom. The van der Waals surface area contributed by atoms with E-state index in [-0.39, 0.29) is 30.8 Å². The quantitative estimate of drug-likeness (QED) is 0.436. The third-order valence-electron chi connectivity index (χ3n) is 5.90. The van der Waals surface area contributed by atoms with Gasteiger partial charge in [0.15, 0.2) is 0 Å². The van der Waals surface area contributed by atoms with Crippen LogP contribution in [0, 0.1) is 12.8 Å². The van der Waals surface area contributed by atoms with Gasteiger partial charge in [-0.2, -0.15) is 0 Å². The van der Waals surface area contributed by atoms with E-state index in [2.05, 4.69) is 40.1 Å². The zero-order chi connectivity index (χ0) is 29.2. The first kappa shape index (κ1) is 33.0. The molecule has 2 aliphatic rings. The van der Waals surface area contributed by atoms with Crippen LogP contribution in [0.15, 0.2) is 42.6 Å². The van der Waals surface area contributed by atoms with Gasteiger partial charge in [-0.25, -0.2) is 0 Å². The Labute approximate surface area is 243 Å². The zero-order valence-corrected chi connectivity index (χ0v) is 24.7. The van der Waals surface area contributed by atoms with Gasteiger partial charge in [-0.05, 0) is 61.9 Å². The molecule has 1 fully saturated rings. The molecule has 1 aliphatic carbocycles.